The molecule has 0 aromatic carbocycles. The van der Waals surface area contributed by atoms with Crippen molar-refractivity contribution in [1.82, 2.24) is 4.98 Å². The molecule has 1 heterocycles. The van der Waals surface area contributed by atoms with Gasteiger partial charge in [-0.25, -0.2) is 9.78 Å². The fourth-order valence-corrected chi connectivity index (χ4v) is 1.38. The van der Waals surface area contributed by atoms with Gasteiger partial charge in [-0.2, -0.15) is 0 Å². The number of carbonyl (C=O) groups excluding carboxylic acids is 1. The van der Waals surface area contributed by atoms with Crippen LogP contribution >= 0.6 is 15.9 Å². The first-order chi connectivity index (χ1) is 8.24. The van der Waals surface area contributed by atoms with Crippen molar-refractivity contribution in [2.45, 2.75) is 0 Å². The Morgan fingerprint density at radius 2 is 2.06 bits per heavy atom. The predicted molar refractivity (Wildman–Crippen MR) is 64.9 cm³/mol. The molecule has 94 valence electrons. The van der Waals surface area contributed by atoms with Crippen molar-refractivity contribution in [3.63, 3.8) is 0 Å². The number of pyridine rings is 1. The fourth-order valence-electron chi connectivity index (χ4n) is 1.03. The van der Waals surface area contributed by atoms with E-state index in [1.165, 1.54) is 0 Å². The van der Waals surface area contributed by atoms with Gasteiger partial charge >= 0.3 is 5.97 Å². The number of esters is 1. The summed E-state index contributed by atoms with van der Waals surface area (Å²) in [5.41, 5.74) is 0.274. The molecule has 1 aromatic heterocycles. The smallest absolute Gasteiger partial charge is 0.357 e. The number of methoxy groups -OCH3 is 1. The average Bonchev–Trinajstić information content (AvgIpc) is 2.33. The quantitative estimate of drug-likeness (QED) is 0.436. The van der Waals surface area contributed by atoms with Crippen molar-refractivity contribution < 1.29 is 19.0 Å². The van der Waals surface area contributed by atoms with Crippen molar-refractivity contribution in [3.8, 4) is 0 Å². The molecular weight excluding hydrogens is 290 g/mol. The van der Waals surface area contributed by atoms with Crippen LogP contribution in [0.25, 0.3) is 0 Å². The number of aromatic nitrogens is 1. The van der Waals surface area contributed by atoms with E-state index in [0.717, 1.165) is 0 Å². The van der Waals surface area contributed by atoms with Crippen molar-refractivity contribution in [3.05, 3.63) is 28.5 Å². The largest absolute Gasteiger partial charge is 0.459 e. The molecule has 1 aromatic rings. The number of carbonyl (C=O) groups is 1. The molecule has 0 saturated heterocycles. The van der Waals surface area contributed by atoms with Gasteiger partial charge in [-0.1, -0.05) is 6.07 Å². The van der Waals surface area contributed by atoms with E-state index >= 15 is 0 Å². The lowest BCUT2D eigenvalue weighted by Gasteiger charge is -2.05. The Hall–Kier alpha value is -0.980. The molecule has 6 heteroatoms. The lowest BCUT2D eigenvalue weighted by Crippen LogP contribution is -2.13. The van der Waals surface area contributed by atoms with Crippen LogP contribution in [-0.4, -0.2) is 44.5 Å². The van der Waals surface area contributed by atoms with E-state index in [1.54, 1.807) is 25.3 Å². The van der Waals surface area contributed by atoms with Crippen LogP contribution in [0.15, 0.2) is 22.8 Å². The molecule has 0 aliphatic rings. The highest BCUT2D eigenvalue weighted by Crippen LogP contribution is 2.07. The third-order valence-corrected chi connectivity index (χ3v) is 2.26. The number of hydrogen-bond donors (Lipinski definition) is 0. The number of halogens is 1. The van der Waals surface area contributed by atoms with Gasteiger partial charge in [0, 0.05) is 7.11 Å². The van der Waals surface area contributed by atoms with E-state index in [-0.39, 0.29) is 12.3 Å². The first-order valence-corrected chi connectivity index (χ1v) is 5.89. The van der Waals surface area contributed by atoms with Crippen molar-refractivity contribution in [1.29, 1.82) is 0 Å². The van der Waals surface area contributed by atoms with E-state index in [0.29, 0.717) is 24.4 Å². The minimum Gasteiger partial charge on any atom is -0.459 e. The molecule has 0 saturated carbocycles. The average molecular weight is 304 g/mol. The fraction of sp³-hybridized carbons (Fsp3) is 0.455. The summed E-state index contributed by atoms with van der Waals surface area (Å²) in [6, 6.07) is 5.06. The molecule has 0 fully saturated rings. The summed E-state index contributed by atoms with van der Waals surface area (Å²) >= 11 is 3.18. The molecule has 17 heavy (non-hydrogen) atoms. The zero-order valence-electron chi connectivity index (χ0n) is 9.52. The van der Waals surface area contributed by atoms with Crippen LogP contribution in [0, 0.1) is 0 Å². The van der Waals surface area contributed by atoms with Gasteiger partial charge in [0.25, 0.3) is 0 Å². The molecule has 0 atom stereocenters. The van der Waals surface area contributed by atoms with Gasteiger partial charge in [-0.15, -0.1) is 0 Å². The van der Waals surface area contributed by atoms with Crippen LogP contribution in [0.4, 0.5) is 0 Å². The Morgan fingerprint density at radius 1 is 1.29 bits per heavy atom. The zero-order valence-corrected chi connectivity index (χ0v) is 11.1. The van der Waals surface area contributed by atoms with Crippen molar-refractivity contribution >= 4 is 21.9 Å². The first-order valence-electron chi connectivity index (χ1n) is 5.10. The Labute approximate surface area is 108 Å². The van der Waals surface area contributed by atoms with E-state index in [4.69, 9.17) is 14.2 Å². The molecule has 5 nitrogen and oxygen atoms in total. The Morgan fingerprint density at radius 3 is 2.76 bits per heavy atom. The molecule has 0 amide bonds. The topological polar surface area (TPSA) is 57.7 Å². The molecule has 0 bridgehead atoms. The Kier molecular flexibility index (Phi) is 6.76. The molecule has 0 aliphatic carbocycles. The van der Waals surface area contributed by atoms with Gasteiger partial charge in [-0.05, 0) is 28.1 Å². The monoisotopic (exact) mass is 303 g/mol. The third-order valence-electron chi connectivity index (χ3n) is 1.82. The molecular formula is C11H14BrNO4. The van der Waals surface area contributed by atoms with Gasteiger partial charge in [0.2, 0.25) is 0 Å². The van der Waals surface area contributed by atoms with Crippen molar-refractivity contribution in [2.75, 3.05) is 33.5 Å². The molecule has 0 unspecified atom stereocenters. The lowest BCUT2D eigenvalue weighted by atomic mass is 10.3. The minimum atomic E-state index is -0.457. The van der Waals surface area contributed by atoms with Crippen LogP contribution in [0.2, 0.25) is 0 Å². The lowest BCUT2D eigenvalue weighted by molar-refractivity contribution is 0.0209. The van der Waals surface area contributed by atoms with Crippen LogP contribution in [0.3, 0.4) is 0 Å². The number of nitrogens with zero attached hydrogens (tertiary/aromatic N) is 1. The zero-order chi connectivity index (χ0) is 12.5. The van der Waals surface area contributed by atoms with Crippen LogP contribution < -0.4 is 0 Å². The summed E-state index contributed by atoms with van der Waals surface area (Å²) in [5, 5.41) is 0. The summed E-state index contributed by atoms with van der Waals surface area (Å²) in [4.78, 5) is 15.5. The Balaban J connectivity index is 2.21. The van der Waals surface area contributed by atoms with E-state index in [9.17, 15) is 4.79 Å². The minimum absolute atomic E-state index is 0.205. The third kappa shape index (κ3) is 5.76. The van der Waals surface area contributed by atoms with Gasteiger partial charge in [0.05, 0.1) is 19.8 Å². The summed E-state index contributed by atoms with van der Waals surface area (Å²) in [7, 11) is 1.60. The number of rotatable bonds is 7. The summed E-state index contributed by atoms with van der Waals surface area (Å²) in [6.07, 6.45) is 0. The normalized spacial score (nSPS) is 10.2. The van der Waals surface area contributed by atoms with Crippen LogP contribution in [0.5, 0.6) is 0 Å². The van der Waals surface area contributed by atoms with Gasteiger partial charge in [0.15, 0.2) is 0 Å². The predicted octanol–water partition coefficient (Wildman–Crippen LogP) is 1.66. The molecule has 0 aliphatic heterocycles. The molecule has 0 N–H and O–H groups in total. The molecule has 0 spiro atoms. The van der Waals surface area contributed by atoms with Gasteiger partial charge in [0.1, 0.15) is 16.9 Å². The second kappa shape index (κ2) is 8.16. The second-order valence-electron chi connectivity index (χ2n) is 3.09. The SMILES string of the molecule is COCCOCCOC(=O)c1cccc(Br)n1. The van der Waals surface area contributed by atoms with Gasteiger partial charge in [-0.3, -0.25) is 0 Å². The van der Waals surface area contributed by atoms with Crippen molar-refractivity contribution in [2.24, 2.45) is 0 Å². The maximum atomic E-state index is 11.5. The summed E-state index contributed by atoms with van der Waals surface area (Å²) in [5.74, 6) is -0.457. The summed E-state index contributed by atoms with van der Waals surface area (Å²) in [6.45, 7) is 1.57. The number of hydrogen-bond acceptors (Lipinski definition) is 5. The van der Waals surface area contributed by atoms with Crippen LogP contribution in [0.1, 0.15) is 10.5 Å². The highest BCUT2D eigenvalue weighted by Gasteiger charge is 2.08. The van der Waals surface area contributed by atoms with Crippen LogP contribution in [-0.2, 0) is 14.2 Å². The standard InChI is InChI=1S/C11H14BrNO4/c1-15-5-6-16-7-8-17-11(14)9-3-2-4-10(12)13-9/h2-4H,5-8H2,1H3. The molecule has 0 radical (unpaired) electrons. The van der Waals surface area contributed by atoms with E-state index in [2.05, 4.69) is 20.9 Å². The van der Waals surface area contributed by atoms with Gasteiger partial charge < -0.3 is 14.2 Å². The van der Waals surface area contributed by atoms with E-state index < -0.39 is 5.97 Å². The second-order valence-corrected chi connectivity index (χ2v) is 3.90. The highest BCUT2D eigenvalue weighted by atomic mass is 79.9. The summed E-state index contributed by atoms with van der Waals surface area (Å²) < 4.78 is 15.5. The highest BCUT2D eigenvalue weighted by molar-refractivity contribution is 9.10. The Bertz CT molecular complexity index is 359. The maximum absolute atomic E-state index is 11.5. The number of ether oxygens (including phenoxy) is 3. The first kappa shape index (κ1) is 14.1. The van der Waals surface area contributed by atoms with E-state index in [1.807, 2.05) is 0 Å². The molecule has 1 rings (SSSR count). The maximum Gasteiger partial charge on any atom is 0.357 e.